The number of hydrogen-bond donors (Lipinski definition) is 0. The van der Waals surface area contributed by atoms with Crippen LogP contribution >= 0.6 is 0 Å². The molecular weight excluding hydrogens is 108 g/mol. The van der Waals surface area contributed by atoms with Crippen LogP contribution in [0.1, 0.15) is 46.0 Å². The van der Waals surface area contributed by atoms with Crippen LogP contribution in [0.3, 0.4) is 0 Å². The van der Waals surface area contributed by atoms with Crippen molar-refractivity contribution in [3.63, 3.8) is 0 Å². The van der Waals surface area contributed by atoms with E-state index in [2.05, 4.69) is 13.8 Å². The molecule has 1 aliphatic carbocycles. The van der Waals surface area contributed by atoms with E-state index in [0.29, 0.717) is 0 Å². The first-order chi connectivity index (χ1) is 4.34. The molecule has 0 aliphatic heterocycles. The molecule has 0 bridgehead atoms. The van der Waals surface area contributed by atoms with Gasteiger partial charge in [-0.15, -0.1) is 0 Å². The molecule has 1 unspecified atom stereocenters. The van der Waals surface area contributed by atoms with E-state index in [-0.39, 0.29) is 0 Å². The molecular formula is C9H17. The number of rotatable bonds is 2. The Morgan fingerprint density at radius 2 is 2.33 bits per heavy atom. The minimum atomic E-state index is 0.949. The van der Waals surface area contributed by atoms with Crippen LogP contribution < -0.4 is 0 Å². The van der Waals surface area contributed by atoms with Gasteiger partial charge in [-0.2, -0.15) is 0 Å². The average molecular weight is 125 g/mol. The molecule has 0 heterocycles. The summed E-state index contributed by atoms with van der Waals surface area (Å²) < 4.78 is 0. The zero-order valence-corrected chi connectivity index (χ0v) is 6.61. The van der Waals surface area contributed by atoms with E-state index in [4.69, 9.17) is 0 Å². The summed E-state index contributed by atoms with van der Waals surface area (Å²) in [7, 11) is 0. The lowest BCUT2D eigenvalue weighted by Crippen LogP contribution is -1.99. The first kappa shape index (κ1) is 7.11. The molecule has 1 radical (unpaired) electrons. The molecule has 53 valence electrons. The SMILES string of the molecule is CCC[C]1CCCC1C. The van der Waals surface area contributed by atoms with Gasteiger partial charge in [-0.25, -0.2) is 0 Å². The quantitative estimate of drug-likeness (QED) is 0.531. The van der Waals surface area contributed by atoms with E-state index < -0.39 is 0 Å². The molecule has 0 N–H and O–H groups in total. The Bertz CT molecular complexity index is 76.1. The maximum absolute atomic E-state index is 2.37. The second-order valence-corrected chi connectivity index (χ2v) is 3.20. The normalized spacial score (nSPS) is 29.3. The van der Waals surface area contributed by atoms with Crippen LogP contribution in [0.15, 0.2) is 0 Å². The van der Waals surface area contributed by atoms with Crippen molar-refractivity contribution in [2.24, 2.45) is 5.92 Å². The molecule has 0 aromatic rings. The van der Waals surface area contributed by atoms with E-state index in [1.807, 2.05) is 5.92 Å². The van der Waals surface area contributed by atoms with E-state index in [0.717, 1.165) is 5.92 Å². The van der Waals surface area contributed by atoms with Crippen molar-refractivity contribution in [2.45, 2.75) is 46.0 Å². The average Bonchev–Trinajstić information content (AvgIpc) is 2.18. The Morgan fingerprint density at radius 3 is 2.78 bits per heavy atom. The van der Waals surface area contributed by atoms with Crippen molar-refractivity contribution in [3.05, 3.63) is 5.92 Å². The molecule has 0 aromatic carbocycles. The molecule has 1 aliphatic rings. The smallest absolute Gasteiger partial charge is 0.0213 e. The number of hydrogen-bond acceptors (Lipinski definition) is 0. The van der Waals surface area contributed by atoms with Gasteiger partial charge in [-0.3, -0.25) is 0 Å². The molecule has 0 nitrogen and oxygen atoms in total. The Morgan fingerprint density at radius 1 is 1.56 bits per heavy atom. The minimum absolute atomic E-state index is 0.949. The Balaban J connectivity index is 2.22. The van der Waals surface area contributed by atoms with Crippen LogP contribution in [-0.2, 0) is 0 Å². The predicted molar refractivity (Wildman–Crippen MR) is 41.2 cm³/mol. The van der Waals surface area contributed by atoms with E-state index in [9.17, 15) is 0 Å². The summed E-state index contributed by atoms with van der Waals surface area (Å²) in [6.45, 7) is 4.65. The van der Waals surface area contributed by atoms with Crippen molar-refractivity contribution in [3.8, 4) is 0 Å². The fraction of sp³-hybridized carbons (Fsp3) is 0.889. The van der Waals surface area contributed by atoms with Crippen LogP contribution in [0.2, 0.25) is 0 Å². The molecule has 0 aromatic heterocycles. The van der Waals surface area contributed by atoms with Crippen molar-refractivity contribution in [2.75, 3.05) is 0 Å². The predicted octanol–water partition coefficient (Wildman–Crippen LogP) is 3.18. The van der Waals surface area contributed by atoms with Gasteiger partial charge in [-0.1, -0.05) is 33.1 Å². The molecule has 0 amide bonds. The third-order valence-corrected chi connectivity index (χ3v) is 2.40. The minimum Gasteiger partial charge on any atom is -0.0654 e. The van der Waals surface area contributed by atoms with Gasteiger partial charge in [0, 0.05) is 0 Å². The summed E-state index contributed by atoms with van der Waals surface area (Å²) in [5, 5.41) is 0. The van der Waals surface area contributed by atoms with Gasteiger partial charge in [-0.05, 0) is 24.7 Å². The molecule has 1 fully saturated rings. The standard InChI is InChI=1S/C9H17/c1-3-5-9-7-4-6-8(9)2/h8H,3-7H2,1-2H3. The van der Waals surface area contributed by atoms with E-state index in [1.54, 1.807) is 0 Å². The van der Waals surface area contributed by atoms with Crippen LogP contribution in [0.4, 0.5) is 0 Å². The highest BCUT2D eigenvalue weighted by Gasteiger charge is 2.22. The van der Waals surface area contributed by atoms with Crippen LogP contribution in [0, 0.1) is 11.8 Å². The van der Waals surface area contributed by atoms with E-state index >= 15 is 0 Å². The first-order valence-corrected chi connectivity index (χ1v) is 4.19. The maximum Gasteiger partial charge on any atom is -0.0213 e. The fourth-order valence-electron chi connectivity index (χ4n) is 1.78. The van der Waals surface area contributed by atoms with Gasteiger partial charge >= 0.3 is 0 Å². The second kappa shape index (κ2) is 3.24. The van der Waals surface area contributed by atoms with Gasteiger partial charge in [0.15, 0.2) is 0 Å². The van der Waals surface area contributed by atoms with Gasteiger partial charge in [0.25, 0.3) is 0 Å². The molecule has 0 heteroatoms. The summed E-state index contributed by atoms with van der Waals surface area (Å²) in [5.74, 6) is 2.78. The first-order valence-electron chi connectivity index (χ1n) is 4.19. The monoisotopic (exact) mass is 125 g/mol. The van der Waals surface area contributed by atoms with Crippen molar-refractivity contribution in [1.82, 2.24) is 0 Å². The van der Waals surface area contributed by atoms with Crippen LogP contribution in [0.5, 0.6) is 0 Å². The molecule has 0 saturated heterocycles. The van der Waals surface area contributed by atoms with E-state index in [1.165, 1.54) is 32.1 Å². The van der Waals surface area contributed by atoms with Crippen molar-refractivity contribution >= 4 is 0 Å². The highest BCUT2D eigenvalue weighted by Crippen LogP contribution is 2.35. The zero-order chi connectivity index (χ0) is 6.69. The molecule has 9 heavy (non-hydrogen) atoms. The van der Waals surface area contributed by atoms with Gasteiger partial charge < -0.3 is 0 Å². The second-order valence-electron chi connectivity index (χ2n) is 3.20. The van der Waals surface area contributed by atoms with Crippen molar-refractivity contribution < 1.29 is 0 Å². The Hall–Kier alpha value is 0. The third kappa shape index (κ3) is 1.70. The molecule has 1 rings (SSSR count). The topological polar surface area (TPSA) is 0 Å². The highest BCUT2D eigenvalue weighted by molar-refractivity contribution is 4.98. The van der Waals surface area contributed by atoms with Crippen LogP contribution in [0.25, 0.3) is 0 Å². The van der Waals surface area contributed by atoms with Gasteiger partial charge in [0.2, 0.25) is 0 Å². The summed E-state index contributed by atoms with van der Waals surface area (Å²) in [4.78, 5) is 0. The van der Waals surface area contributed by atoms with Crippen molar-refractivity contribution in [1.29, 1.82) is 0 Å². The lowest BCUT2D eigenvalue weighted by Gasteiger charge is -2.11. The van der Waals surface area contributed by atoms with Gasteiger partial charge in [0.1, 0.15) is 0 Å². The summed E-state index contributed by atoms with van der Waals surface area (Å²) >= 11 is 0. The largest absolute Gasteiger partial charge is 0.0654 e. The molecule has 0 spiro atoms. The molecule has 1 atom stereocenters. The third-order valence-electron chi connectivity index (χ3n) is 2.40. The summed E-state index contributed by atoms with van der Waals surface area (Å²) in [5.41, 5.74) is 0. The lowest BCUT2D eigenvalue weighted by molar-refractivity contribution is 0.592. The van der Waals surface area contributed by atoms with Gasteiger partial charge in [0.05, 0.1) is 0 Å². The fourth-order valence-corrected chi connectivity index (χ4v) is 1.78. The summed E-state index contributed by atoms with van der Waals surface area (Å²) in [6.07, 6.45) is 7.07. The van der Waals surface area contributed by atoms with Crippen LogP contribution in [-0.4, -0.2) is 0 Å². The lowest BCUT2D eigenvalue weighted by atomic mass is 9.94. The highest BCUT2D eigenvalue weighted by atomic mass is 14.3. The molecule has 1 saturated carbocycles. The Kier molecular flexibility index (Phi) is 2.56. The summed E-state index contributed by atoms with van der Waals surface area (Å²) in [6, 6.07) is 0. The Labute approximate surface area is 58.7 Å². The zero-order valence-electron chi connectivity index (χ0n) is 6.61. The maximum atomic E-state index is 2.37.